The van der Waals surface area contributed by atoms with Crippen LogP contribution in [0.3, 0.4) is 0 Å². The number of benzene rings is 1. The summed E-state index contributed by atoms with van der Waals surface area (Å²) in [5.41, 5.74) is 1.48. The first-order valence-electron chi connectivity index (χ1n) is 5.58. The van der Waals surface area contributed by atoms with E-state index in [4.69, 9.17) is 4.52 Å². The maximum Gasteiger partial charge on any atom is 0.268 e. The Morgan fingerprint density at radius 2 is 2.22 bits per heavy atom. The van der Waals surface area contributed by atoms with Crippen LogP contribution in [0.25, 0.3) is 10.9 Å². The second kappa shape index (κ2) is 4.37. The predicted octanol–water partition coefficient (Wildman–Crippen LogP) is 2.09. The molecule has 1 amide bonds. The van der Waals surface area contributed by atoms with Crippen LogP contribution in [0.2, 0.25) is 0 Å². The molecular weight excluding hydrogens is 230 g/mol. The van der Waals surface area contributed by atoms with E-state index in [1.165, 1.54) is 0 Å². The number of aromatic nitrogens is 2. The Morgan fingerprint density at radius 3 is 3.00 bits per heavy atom. The summed E-state index contributed by atoms with van der Waals surface area (Å²) in [6.07, 6.45) is 1.55. The van der Waals surface area contributed by atoms with Gasteiger partial charge in [0.1, 0.15) is 5.69 Å². The van der Waals surface area contributed by atoms with Gasteiger partial charge in [-0.25, -0.2) is 0 Å². The van der Waals surface area contributed by atoms with Gasteiger partial charge in [-0.2, -0.15) is 0 Å². The van der Waals surface area contributed by atoms with Crippen molar-refractivity contribution in [1.29, 1.82) is 0 Å². The Labute approximate surface area is 103 Å². The number of H-pyrrole nitrogens is 1. The highest BCUT2D eigenvalue weighted by atomic mass is 16.5. The summed E-state index contributed by atoms with van der Waals surface area (Å²) in [7, 11) is 0. The van der Waals surface area contributed by atoms with Crippen LogP contribution in [0.5, 0.6) is 0 Å². The molecule has 0 spiro atoms. The van der Waals surface area contributed by atoms with Crippen LogP contribution in [0.15, 0.2) is 47.1 Å². The molecule has 0 fully saturated rings. The number of amides is 1. The second-order valence-electron chi connectivity index (χ2n) is 3.93. The van der Waals surface area contributed by atoms with Crippen molar-refractivity contribution in [3.63, 3.8) is 0 Å². The zero-order valence-corrected chi connectivity index (χ0v) is 9.51. The third kappa shape index (κ3) is 1.98. The molecule has 3 aromatic rings. The van der Waals surface area contributed by atoms with Crippen molar-refractivity contribution >= 4 is 16.8 Å². The summed E-state index contributed by atoms with van der Waals surface area (Å²) >= 11 is 0. The lowest BCUT2D eigenvalue weighted by molar-refractivity contribution is 0.0943. The molecule has 0 saturated heterocycles. The topological polar surface area (TPSA) is 70.9 Å². The van der Waals surface area contributed by atoms with Gasteiger partial charge in [0, 0.05) is 17.0 Å². The Bertz CT molecular complexity index is 637. The van der Waals surface area contributed by atoms with E-state index in [-0.39, 0.29) is 5.91 Å². The lowest BCUT2D eigenvalue weighted by atomic mass is 10.2. The standard InChI is InChI=1S/C13H11N3O2/c17-13(14-8-10-5-6-15-18-10)12-7-9-3-1-2-4-11(9)16-12/h1-7,16H,8H2,(H,14,17). The van der Waals surface area contributed by atoms with Crippen LogP contribution in [-0.4, -0.2) is 16.0 Å². The summed E-state index contributed by atoms with van der Waals surface area (Å²) in [5.74, 6) is 0.460. The zero-order chi connectivity index (χ0) is 12.4. The van der Waals surface area contributed by atoms with Gasteiger partial charge in [0.25, 0.3) is 5.91 Å². The van der Waals surface area contributed by atoms with Gasteiger partial charge < -0.3 is 14.8 Å². The Balaban J connectivity index is 1.75. The number of carbonyl (C=O) groups excluding carboxylic acids is 1. The van der Waals surface area contributed by atoms with Crippen molar-refractivity contribution in [2.24, 2.45) is 0 Å². The fourth-order valence-electron chi connectivity index (χ4n) is 1.79. The largest absolute Gasteiger partial charge is 0.360 e. The Kier molecular flexibility index (Phi) is 2.57. The van der Waals surface area contributed by atoms with Crippen molar-refractivity contribution in [3.8, 4) is 0 Å². The molecule has 0 bridgehead atoms. The van der Waals surface area contributed by atoms with Gasteiger partial charge in [-0.1, -0.05) is 23.4 Å². The summed E-state index contributed by atoms with van der Waals surface area (Å²) in [6.45, 7) is 0.328. The molecule has 5 heteroatoms. The molecular formula is C13H11N3O2. The zero-order valence-electron chi connectivity index (χ0n) is 9.51. The molecule has 5 nitrogen and oxygen atoms in total. The average molecular weight is 241 g/mol. The third-order valence-corrected chi connectivity index (χ3v) is 2.69. The highest BCUT2D eigenvalue weighted by molar-refractivity contribution is 5.97. The van der Waals surface area contributed by atoms with Crippen LogP contribution >= 0.6 is 0 Å². The van der Waals surface area contributed by atoms with Crippen molar-refractivity contribution in [1.82, 2.24) is 15.5 Å². The number of nitrogens with zero attached hydrogens (tertiary/aromatic N) is 1. The SMILES string of the molecule is O=C(NCc1ccno1)c1cc2ccccc2[nH]1. The minimum Gasteiger partial charge on any atom is -0.360 e. The molecule has 2 aromatic heterocycles. The van der Waals surface area contributed by atoms with E-state index in [9.17, 15) is 4.79 Å². The Hall–Kier alpha value is -2.56. The molecule has 0 unspecified atom stereocenters. The minimum atomic E-state index is -0.164. The minimum absolute atomic E-state index is 0.164. The fraction of sp³-hybridized carbons (Fsp3) is 0.0769. The van der Waals surface area contributed by atoms with E-state index in [0.29, 0.717) is 18.0 Å². The van der Waals surface area contributed by atoms with E-state index in [0.717, 1.165) is 10.9 Å². The molecule has 0 aliphatic rings. The van der Waals surface area contributed by atoms with Crippen molar-refractivity contribution in [2.75, 3.05) is 0 Å². The molecule has 2 heterocycles. The van der Waals surface area contributed by atoms with Crippen LogP contribution in [0.4, 0.5) is 0 Å². The van der Waals surface area contributed by atoms with Crippen LogP contribution < -0.4 is 5.32 Å². The van der Waals surface area contributed by atoms with Gasteiger partial charge in [0.05, 0.1) is 12.7 Å². The van der Waals surface area contributed by atoms with Crippen LogP contribution in [0.1, 0.15) is 16.2 Å². The summed E-state index contributed by atoms with van der Waals surface area (Å²) in [5, 5.41) is 7.35. The number of carbonyl (C=O) groups is 1. The highest BCUT2D eigenvalue weighted by Gasteiger charge is 2.09. The quantitative estimate of drug-likeness (QED) is 0.737. The number of hydrogen-bond acceptors (Lipinski definition) is 3. The van der Waals surface area contributed by atoms with Gasteiger partial charge in [0.2, 0.25) is 0 Å². The smallest absolute Gasteiger partial charge is 0.268 e. The van der Waals surface area contributed by atoms with E-state index in [2.05, 4.69) is 15.5 Å². The molecule has 0 aliphatic heterocycles. The monoisotopic (exact) mass is 241 g/mol. The van der Waals surface area contributed by atoms with Gasteiger partial charge in [-0.05, 0) is 12.1 Å². The first-order chi connectivity index (χ1) is 8.83. The van der Waals surface area contributed by atoms with Gasteiger partial charge in [-0.15, -0.1) is 0 Å². The molecule has 0 aliphatic carbocycles. The van der Waals surface area contributed by atoms with E-state index >= 15 is 0 Å². The molecule has 0 saturated carbocycles. The molecule has 0 radical (unpaired) electrons. The summed E-state index contributed by atoms with van der Waals surface area (Å²) in [4.78, 5) is 15.0. The lowest BCUT2D eigenvalue weighted by Gasteiger charge is -1.99. The van der Waals surface area contributed by atoms with E-state index in [1.807, 2.05) is 30.3 Å². The number of rotatable bonds is 3. The number of nitrogens with one attached hydrogen (secondary N) is 2. The Morgan fingerprint density at radius 1 is 1.33 bits per heavy atom. The fourth-order valence-corrected chi connectivity index (χ4v) is 1.79. The number of para-hydroxylation sites is 1. The van der Waals surface area contributed by atoms with Crippen molar-refractivity contribution in [3.05, 3.63) is 54.0 Å². The number of hydrogen-bond donors (Lipinski definition) is 2. The van der Waals surface area contributed by atoms with Gasteiger partial charge in [0.15, 0.2) is 5.76 Å². The van der Waals surface area contributed by atoms with E-state index in [1.54, 1.807) is 12.3 Å². The third-order valence-electron chi connectivity index (χ3n) is 2.69. The maximum atomic E-state index is 11.9. The average Bonchev–Trinajstić information content (AvgIpc) is 3.04. The molecule has 0 atom stereocenters. The van der Waals surface area contributed by atoms with Crippen molar-refractivity contribution < 1.29 is 9.32 Å². The van der Waals surface area contributed by atoms with Crippen molar-refractivity contribution in [2.45, 2.75) is 6.54 Å². The normalized spacial score (nSPS) is 10.7. The van der Waals surface area contributed by atoms with Gasteiger partial charge >= 0.3 is 0 Å². The molecule has 18 heavy (non-hydrogen) atoms. The molecule has 2 N–H and O–H groups in total. The second-order valence-corrected chi connectivity index (χ2v) is 3.93. The van der Waals surface area contributed by atoms with Crippen LogP contribution in [-0.2, 0) is 6.54 Å². The summed E-state index contributed by atoms with van der Waals surface area (Å²) < 4.78 is 4.90. The molecule has 90 valence electrons. The molecule has 3 rings (SSSR count). The van der Waals surface area contributed by atoms with E-state index < -0.39 is 0 Å². The predicted molar refractivity (Wildman–Crippen MR) is 66.0 cm³/mol. The lowest BCUT2D eigenvalue weighted by Crippen LogP contribution is -2.22. The first-order valence-corrected chi connectivity index (χ1v) is 5.58. The first kappa shape index (κ1) is 10.6. The summed E-state index contributed by atoms with van der Waals surface area (Å²) in [6, 6.07) is 11.3. The number of fused-ring (bicyclic) bond motifs is 1. The highest BCUT2D eigenvalue weighted by Crippen LogP contribution is 2.14. The van der Waals surface area contributed by atoms with Gasteiger partial charge in [-0.3, -0.25) is 4.79 Å². The maximum absolute atomic E-state index is 11.9. The van der Waals surface area contributed by atoms with Crippen LogP contribution in [0, 0.1) is 0 Å². The molecule has 1 aromatic carbocycles. The number of aromatic amines is 1.